The third-order valence-corrected chi connectivity index (χ3v) is 2.41. The molecule has 0 heterocycles. The quantitative estimate of drug-likeness (QED) is 0.705. The number of nitrogens with zero attached hydrogens (tertiary/aromatic N) is 1. The minimum absolute atomic E-state index is 0.0400. The molecule has 0 N–H and O–H groups in total. The number of hydrogen-bond acceptors (Lipinski definition) is 2. The molecule has 0 atom stereocenters. The smallest absolute Gasteiger partial charge is 0.250 e. The molecule has 0 aliphatic rings. The van der Waals surface area contributed by atoms with Crippen LogP contribution in [0.25, 0.3) is 0 Å². The van der Waals surface area contributed by atoms with Crippen molar-refractivity contribution in [2.45, 2.75) is 19.8 Å². The van der Waals surface area contributed by atoms with E-state index >= 15 is 0 Å². The fourth-order valence-corrected chi connectivity index (χ4v) is 1.28. The Morgan fingerprint density at radius 1 is 1.27 bits per heavy atom. The number of aryl methyl sites for hydroxylation is 1. The summed E-state index contributed by atoms with van der Waals surface area (Å²) in [4.78, 5) is 16.3. The molecule has 0 aliphatic carbocycles. The molecule has 0 unspecified atom stereocenters. The molecule has 15 heavy (non-hydrogen) atoms. The summed E-state index contributed by atoms with van der Waals surface area (Å²) in [5.74, 6) is -0.0400. The highest BCUT2D eigenvalue weighted by Crippen LogP contribution is 2.06. The van der Waals surface area contributed by atoms with E-state index in [0.717, 1.165) is 12.0 Å². The molecule has 0 saturated heterocycles. The number of carbonyl (C=O) groups is 1. The number of carbonyl (C=O) groups excluding carboxylic acids is 1. The maximum absolute atomic E-state index is 11.5. The van der Waals surface area contributed by atoms with Crippen LogP contribution in [0.1, 0.15) is 18.1 Å². The molecule has 0 aliphatic heterocycles. The molecule has 0 spiro atoms. The molecule has 0 bridgehead atoms. The van der Waals surface area contributed by atoms with Crippen LogP contribution >= 0.6 is 0 Å². The number of likely N-dealkylation sites (N-methyl/N-ethyl adjacent to an activating group) is 1. The zero-order valence-corrected chi connectivity index (χ0v) is 9.49. The van der Waals surface area contributed by atoms with Gasteiger partial charge < -0.3 is 0 Å². The first-order chi connectivity index (χ1) is 7.17. The fourth-order valence-electron chi connectivity index (χ4n) is 1.28. The van der Waals surface area contributed by atoms with Gasteiger partial charge in [-0.15, -0.1) is 0 Å². The molecule has 0 saturated carbocycles. The average molecular weight is 207 g/mol. The fraction of sp³-hybridized carbons (Fsp3) is 0.417. The Bertz CT molecular complexity index is 319. The Morgan fingerprint density at radius 3 is 2.27 bits per heavy atom. The van der Waals surface area contributed by atoms with E-state index < -0.39 is 0 Å². The summed E-state index contributed by atoms with van der Waals surface area (Å²) in [6.45, 7) is 2.11. The van der Waals surface area contributed by atoms with Crippen LogP contribution in [-0.2, 0) is 22.5 Å². The molecule has 1 aromatic carbocycles. The minimum Gasteiger partial charge on any atom is -0.275 e. The summed E-state index contributed by atoms with van der Waals surface area (Å²) < 4.78 is 0. The highest BCUT2D eigenvalue weighted by molar-refractivity contribution is 5.77. The van der Waals surface area contributed by atoms with Crippen molar-refractivity contribution in [3.63, 3.8) is 0 Å². The summed E-state index contributed by atoms with van der Waals surface area (Å²) in [6.07, 6.45) is 1.40. The molecular weight excluding hydrogens is 190 g/mol. The van der Waals surface area contributed by atoms with Gasteiger partial charge in [-0.05, 0) is 17.5 Å². The zero-order chi connectivity index (χ0) is 11.3. The Balaban J connectivity index is 2.61. The molecule has 0 fully saturated rings. The third kappa shape index (κ3) is 3.36. The predicted molar refractivity (Wildman–Crippen MR) is 59.3 cm³/mol. The van der Waals surface area contributed by atoms with E-state index in [2.05, 4.69) is 19.1 Å². The Labute approximate surface area is 90.6 Å². The van der Waals surface area contributed by atoms with Crippen LogP contribution in [0.2, 0.25) is 0 Å². The normalized spacial score (nSPS) is 10.1. The van der Waals surface area contributed by atoms with E-state index in [1.54, 1.807) is 7.05 Å². The van der Waals surface area contributed by atoms with Gasteiger partial charge in [-0.3, -0.25) is 9.63 Å². The van der Waals surface area contributed by atoms with Crippen molar-refractivity contribution in [3.05, 3.63) is 35.4 Å². The topological polar surface area (TPSA) is 29.5 Å². The number of amides is 1. The van der Waals surface area contributed by atoms with Crippen LogP contribution in [-0.4, -0.2) is 25.1 Å². The van der Waals surface area contributed by atoms with Crippen LogP contribution in [0.5, 0.6) is 0 Å². The largest absolute Gasteiger partial charge is 0.275 e. The highest BCUT2D eigenvalue weighted by atomic mass is 16.7. The van der Waals surface area contributed by atoms with Gasteiger partial charge in [-0.1, -0.05) is 31.2 Å². The van der Waals surface area contributed by atoms with Gasteiger partial charge in [0.15, 0.2) is 0 Å². The van der Waals surface area contributed by atoms with Gasteiger partial charge in [-0.25, -0.2) is 5.06 Å². The molecule has 0 radical (unpaired) electrons. The Morgan fingerprint density at radius 2 is 1.80 bits per heavy atom. The van der Waals surface area contributed by atoms with E-state index in [9.17, 15) is 4.79 Å². The number of rotatable bonds is 4. The average Bonchev–Trinajstić information content (AvgIpc) is 2.29. The van der Waals surface area contributed by atoms with Gasteiger partial charge >= 0.3 is 0 Å². The van der Waals surface area contributed by atoms with E-state index in [0.29, 0.717) is 6.42 Å². The predicted octanol–water partition coefficient (Wildman–Crippen LogP) is 1.81. The van der Waals surface area contributed by atoms with Crippen molar-refractivity contribution < 1.29 is 9.63 Å². The lowest BCUT2D eigenvalue weighted by Gasteiger charge is -2.13. The van der Waals surface area contributed by atoms with Crippen LogP contribution < -0.4 is 0 Å². The molecular formula is C12H17NO2. The van der Waals surface area contributed by atoms with E-state index in [1.807, 2.05) is 12.1 Å². The monoisotopic (exact) mass is 207 g/mol. The van der Waals surface area contributed by atoms with E-state index in [4.69, 9.17) is 4.84 Å². The summed E-state index contributed by atoms with van der Waals surface area (Å²) >= 11 is 0. The van der Waals surface area contributed by atoms with Crippen molar-refractivity contribution in [1.82, 2.24) is 5.06 Å². The van der Waals surface area contributed by atoms with E-state index in [-0.39, 0.29) is 5.91 Å². The molecule has 3 nitrogen and oxygen atoms in total. The standard InChI is InChI=1S/C12H17NO2/c1-4-10-5-7-11(8-6-10)9-12(14)13(2)15-3/h5-8H,4,9H2,1-3H3. The van der Waals surface area contributed by atoms with Gasteiger partial charge in [0, 0.05) is 7.05 Å². The summed E-state index contributed by atoms with van der Waals surface area (Å²) in [5.41, 5.74) is 2.30. The summed E-state index contributed by atoms with van der Waals surface area (Å²) in [6, 6.07) is 8.07. The molecule has 0 aromatic heterocycles. The molecule has 1 aromatic rings. The second kappa shape index (κ2) is 5.51. The number of benzene rings is 1. The summed E-state index contributed by atoms with van der Waals surface area (Å²) in [7, 11) is 3.10. The number of hydroxylamine groups is 2. The second-order valence-electron chi connectivity index (χ2n) is 3.42. The maximum atomic E-state index is 11.5. The van der Waals surface area contributed by atoms with Crippen LogP contribution in [0.15, 0.2) is 24.3 Å². The van der Waals surface area contributed by atoms with Crippen molar-refractivity contribution in [3.8, 4) is 0 Å². The maximum Gasteiger partial charge on any atom is 0.250 e. The first-order valence-electron chi connectivity index (χ1n) is 5.05. The third-order valence-electron chi connectivity index (χ3n) is 2.41. The van der Waals surface area contributed by atoms with Crippen molar-refractivity contribution in [2.24, 2.45) is 0 Å². The van der Waals surface area contributed by atoms with Crippen LogP contribution in [0.4, 0.5) is 0 Å². The number of hydrogen-bond donors (Lipinski definition) is 0. The molecule has 1 amide bonds. The zero-order valence-electron chi connectivity index (χ0n) is 9.49. The lowest BCUT2D eigenvalue weighted by Crippen LogP contribution is -2.26. The highest BCUT2D eigenvalue weighted by Gasteiger charge is 2.08. The van der Waals surface area contributed by atoms with E-state index in [1.165, 1.54) is 17.7 Å². The molecule has 82 valence electrons. The first-order valence-corrected chi connectivity index (χ1v) is 5.05. The SMILES string of the molecule is CCc1ccc(CC(=O)N(C)OC)cc1. The van der Waals surface area contributed by atoms with Gasteiger partial charge in [0.05, 0.1) is 13.5 Å². The Hall–Kier alpha value is -1.35. The second-order valence-corrected chi connectivity index (χ2v) is 3.42. The Kier molecular flexibility index (Phi) is 4.31. The van der Waals surface area contributed by atoms with Gasteiger partial charge in [0.2, 0.25) is 5.91 Å². The van der Waals surface area contributed by atoms with Crippen molar-refractivity contribution >= 4 is 5.91 Å². The molecule has 1 rings (SSSR count). The molecule has 3 heteroatoms. The lowest BCUT2D eigenvalue weighted by atomic mass is 10.1. The minimum atomic E-state index is -0.0400. The first kappa shape index (κ1) is 11.7. The van der Waals surface area contributed by atoms with Crippen molar-refractivity contribution in [1.29, 1.82) is 0 Å². The van der Waals surface area contributed by atoms with Gasteiger partial charge in [0.25, 0.3) is 0 Å². The lowest BCUT2D eigenvalue weighted by molar-refractivity contribution is -0.167. The van der Waals surface area contributed by atoms with Gasteiger partial charge in [0.1, 0.15) is 0 Å². The van der Waals surface area contributed by atoms with Crippen LogP contribution in [0.3, 0.4) is 0 Å². The van der Waals surface area contributed by atoms with Crippen molar-refractivity contribution in [2.75, 3.05) is 14.2 Å². The van der Waals surface area contributed by atoms with Crippen LogP contribution in [0, 0.1) is 0 Å². The summed E-state index contributed by atoms with van der Waals surface area (Å²) in [5, 5.41) is 1.24. The van der Waals surface area contributed by atoms with Gasteiger partial charge in [-0.2, -0.15) is 0 Å².